The Morgan fingerprint density at radius 3 is 2.95 bits per heavy atom. The Labute approximate surface area is 121 Å². The van der Waals surface area contributed by atoms with Crippen molar-refractivity contribution < 1.29 is 4.79 Å². The van der Waals surface area contributed by atoms with Crippen LogP contribution >= 0.6 is 11.3 Å². The Morgan fingerprint density at radius 2 is 2.30 bits per heavy atom. The molecule has 0 spiro atoms. The molecule has 1 heterocycles. The number of amides is 1. The van der Waals surface area contributed by atoms with Gasteiger partial charge in [-0.15, -0.1) is 0 Å². The van der Waals surface area contributed by atoms with Gasteiger partial charge in [-0.05, 0) is 35.5 Å². The van der Waals surface area contributed by atoms with Crippen LogP contribution in [0, 0.1) is 0 Å². The third-order valence-electron chi connectivity index (χ3n) is 2.58. The summed E-state index contributed by atoms with van der Waals surface area (Å²) in [6.45, 7) is 5.17. The van der Waals surface area contributed by atoms with Gasteiger partial charge in [-0.25, -0.2) is 4.98 Å². The molecule has 20 heavy (non-hydrogen) atoms. The number of hydrogen-bond acceptors (Lipinski definition) is 4. The first-order valence-electron chi connectivity index (χ1n) is 6.03. The normalized spacial score (nSPS) is 11.9. The molecule has 0 bridgehead atoms. The Kier molecular flexibility index (Phi) is 4.32. The summed E-state index contributed by atoms with van der Waals surface area (Å²) in [7, 11) is 0. The summed E-state index contributed by atoms with van der Waals surface area (Å²) < 4.78 is 1.01. The minimum Gasteiger partial charge on any atom is -0.405 e. The minimum absolute atomic E-state index is 0.123. The fourth-order valence-corrected chi connectivity index (χ4v) is 2.74. The molecule has 0 radical (unpaired) electrons. The van der Waals surface area contributed by atoms with Crippen molar-refractivity contribution in [1.82, 2.24) is 4.98 Å². The average molecular weight is 285 g/mol. The summed E-state index contributed by atoms with van der Waals surface area (Å²) >= 11 is 1.44. The van der Waals surface area contributed by atoms with Gasteiger partial charge in [0.15, 0.2) is 5.13 Å². The number of nitrogens with zero attached hydrogens (tertiary/aromatic N) is 1. The van der Waals surface area contributed by atoms with Gasteiger partial charge in [0.05, 0.1) is 10.2 Å². The first kappa shape index (κ1) is 14.0. The highest BCUT2D eigenvalue weighted by Crippen LogP contribution is 2.29. The molecular weight excluding hydrogens is 270 g/mol. The number of carbonyl (C=O) groups is 1. The SMILES string of the molecule is C=C/C=C(\C=C/N)c1ccc2nc(NC(C)=O)sc2c1. The Balaban J connectivity index is 2.44. The molecule has 102 valence electrons. The van der Waals surface area contributed by atoms with Crippen LogP contribution in [0.2, 0.25) is 0 Å². The maximum absolute atomic E-state index is 11.0. The van der Waals surface area contributed by atoms with Crippen molar-refractivity contribution >= 4 is 38.2 Å². The van der Waals surface area contributed by atoms with Gasteiger partial charge in [0, 0.05) is 6.92 Å². The van der Waals surface area contributed by atoms with Crippen LogP contribution < -0.4 is 11.1 Å². The van der Waals surface area contributed by atoms with E-state index in [9.17, 15) is 4.79 Å². The second kappa shape index (κ2) is 6.16. The first-order chi connectivity index (χ1) is 9.63. The number of carbonyl (C=O) groups excluding carboxylic acids is 1. The summed E-state index contributed by atoms with van der Waals surface area (Å²) in [4.78, 5) is 15.4. The van der Waals surface area contributed by atoms with Crippen LogP contribution in [-0.4, -0.2) is 10.9 Å². The van der Waals surface area contributed by atoms with E-state index in [0.717, 1.165) is 21.4 Å². The van der Waals surface area contributed by atoms with Gasteiger partial charge in [-0.3, -0.25) is 4.79 Å². The van der Waals surface area contributed by atoms with Crippen LogP contribution in [0.3, 0.4) is 0 Å². The maximum atomic E-state index is 11.0. The second-order valence-electron chi connectivity index (χ2n) is 4.10. The Morgan fingerprint density at radius 1 is 1.50 bits per heavy atom. The van der Waals surface area contributed by atoms with E-state index in [4.69, 9.17) is 5.73 Å². The highest BCUT2D eigenvalue weighted by Gasteiger charge is 2.07. The number of aromatic nitrogens is 1. The van der Waals surface area contributed by atoms with Crippen LogP contribution in [0.4, 0.5) is 5.13 Å². The highest BCUT2D eigenvalue weighted by atomic mass is 32.1. The summed E-state index contributed by atoms with van der Waals surface area (Å²) in [5.74, 6) is -0.123. The van der Waals surface area contributed by atoms with Gasteiger partial charge in [0.1, 0.15) is 0 Å². The zero-order valence-electron chi connectivity index (χ0n) is 11.1. The lowest BCUT2D eigenvalue weighted by Gasteiger charge is -2.01. The van der Waals surface area contributed by atoms with Crippen molar-refractivity contribution in [2.24, 2.45) is 5.73 Å². The van der Waals surface area contributed by atoms with Crippen LogP contribution in [0.15, 0.2) is 49.2 Å². The molecule has 0 unspecified atom stereocenters. The number of anilines is 1. The van der Waals surface area contributed by atoms with E-state index in [1.807, 2.05) is 30.4 Å². The van der Waals surface area contributed by atoms with Crippen LogP contribution in [0.5, 0.6) is 0 Å². The molecule has 0 saturated heterocycles. The lowest BCUT2D eigenvalue weighted by Crippen LogP contribution is -2.04. The fraction of sp³-hybridized carbons (Fsp3) is 0.0667. The van der Waals surface area contributed by atoms with E-state index in [-0.39, 0.29) is 5.91 Å². The van der Waals surface area contributed by atoms with Gasteiger partial charge in [-0.2, -0.15) is 0 Å². The molecular formula is C15H15N3OS. The van der Waals surface area contributed by atoms with Gasteiger partial charge < -0.3 is 11.1 Å². The van der Waals surface area contributed by atoms with Crippen molar-refractivity contribution in [1.29, 1.82) is 0 Å². The average Bonchev–Trinajstić information content (AvgIpc) is 2.78. The predicted octanol–water partition coefficient (Wildman–Crippen LogP) is 3.30. The molecule has 5 heteroatoms. The number of rotatable bonds is 4. The molecule has 0 aliphatic carbocycles. The van der Waals surface area contributed by atoms with Gasteiger partial charge in [0.25, 0.3) is 0 Å². The smallest absolute Gasteiger partial charge is 0.223 e. The number of nitrogens with two attached hydrogens (primary N) is 1. The van der Waals surface area contributed by atoms with E-state index >= 15 is 0 Å². The van der Waals surface area contributed by atoms with Gasteiger partial charge in [-0.1, -0.05) is 36.1 Å². The van der Waals surface area contributed by atoms with E-state index in [0.29, 0.717) is 5.13 Å². The Bertz CT molecular complexity index is 713. The standard InChI is InChI=1S/C15H15N3OS/c1-3-4-11(7-8-16)12-5-6-13-14(9-12)20-15(18-13)17-10(2)19/h3-9H,1,16H2,2H3,(H,17,18,19)/b8-7-,11-4+. The lowest BCUT2D eigenvalue weighted by molar-refractivity contribution is -0.114. The summed E-state index contributed by atoms with van der Waals surface area (Å²) in [5, 5.41) is 3.30. The van der Waals surface area contributed by atoms with Gasteiger partial charge >= 0.3 is 0 Å². The molecule has 2 aromatic rings. The molecule has 0 atom stereocenters. The minimum atomic E-state index is -0.123. The first-order valence-corrected chi connectivity index (χ1v) is 6.85. The van der Waals surface area contributed by atoms with E-state index in [1.165, 1.54) is 24.5 Å². The predicted molar refractivity (Wildman–Crippen MR) is 85.4 cm³/mol. The summed E-state index contributed by atoms with van der Waals surface area (Å²) in [6.07, 6.45) is 6.92. The third-order valence-corrected chi connectivity index (χ3v) is 3.51. The van der Waals surface area contributed by atoms with E-state index < -0.39 is 0 Å². The summed E-state index contributed by atoms with van der Waals surface area (Å²) in [5.41, 5.74) is 8.31. The molecule has 0 saturated carbocycles. The molecule has 1 aromatic carbocycles. The second-order valence-corrected chi connectivity index (χ2v) is 5.13. The quantitative estimate of drug-likeness (QED) is 0.847. The topological polar surface area (TPSA) is 68.0 Å². The number of hydrogen-bond donors (Lipinski definition) is 2. The van der Waals surface area contributed by atoms with Crippen molar-refractivity contribution in [3.8, 4) is 0 Å². The van der Waals surface area contributed by atoms with E-state index in [1.54, 1.807) is 6.08 Å². The molecule has 3 N–H and O–H groups in total. The summed E-state index contributed by atoms with van der Waals surface area (Å²) in [6, 6.07) is 5.91. The van der Waals surface area contributed by atoms with Crippen LogP contribution in [0.1, 0.15) is 12.5 Å². The fourth-order valence-electron chi connectivity index (χ4n) is 1.79. The van der Waals surface area contributed by atoms with Crippen molar-refractivity contribution in [2.75, 3.05) is 5.32 Å². The van der Waals surface area contributed by atoms with Crippen molar-refractivity contribution in [2.45, 2.75) is 6.92 Å². The molecule has 4 nitrogen and oxygen atoms in total. The number of benzene rings is 1. The van der Waals surface area contributed by atoms with Crippen molar-refractivity contribution in [3.05, 3.63) is 54.8 Å². The number of allylic oxidation sites excluding steroid dienone is 4. The zero-order chi connectivity index (χ0) is 14.5. The van der Waals surface area contributed by atoms with Crippen molar-refractivity contribution in [3.63, 3.8) is 0 Å². The number of fused-ring (bicyclic) bond motifs is 1. The van der Waals surface area contributed by atoms with Crippen LogP contribution in [0.25, 0.3) is 15.8 Å². The third kappa shape index (κ3) is 3.13. The largest absolute Gasteiger partial charge is 0.405 e. The molecule has 1 amide bonds. The maximum Gasteiger partial charge on any atom is 0.223 e. The van der Waals surface area contributed by atoms with Gasteiger partial charge in [0.2, 0.25) is 5.91 Å². The molecule has 2 rings (SSSR count). The molecule has 0 fully saturated rings. The molecule has 0 aliphatic rings. The Hall–Kier alpha value is -2.40. The zero-order valence-corrected chi connectivity index (χ0v) is 11.9. The van der Waals surface area contributed by atoms with E-state index in [2.05, 4.69) is 16.9 Å². The monoisotopic (exact) mass is 285 g/mol. The highest BCUT2D eigenvalue weighted by molar-refractivity contribution is 7.22. The lowest BCUT2D eigenvalue weighted by atomic mass is 10.1. The number of nitrogens with one attached hydrogen (secondary N) is 1. The molecule has 0 aliphatic heterocycles. The van der Waals surface area contributed by atoms with Crippen LogP contribution in [-0.2, 0) is 4.79 Å². The number of thiazole rings is 1. The molecule has 1 aromatic heterocycles.